The number of thioether (sulfide) groups is 1. The number of rotatable bonds is 2. The summed E-state index contributed by atoms with van der Waals surface area (Å²) in [5.41, 5.74) is 1.25. The third-order valence-corrected chi connectivity index (χ3v) is 6.53. The molecule has 0 amide bonds. The maximum Gasteiger partial charge on any atom is 0.0109 e. The van der Waals surface area contributed by atoms with Gasteiger partial charge < -0.3 is 0 Å². The Labute approximate surface area is 86.9 Å². The van der Waals surface area contributed by atoms with Crippen LogP contribution in [0.5, 0.6) is 0 Å². The second-order valence-electron chi connectivity index (χ2n) is 5.55. The van der Waals surface area contributed by atoms with Gasteiger partial charge >= 0.3 is 0 Å². The lowest BCUT2D eigenvalue weighted by Gasteiger charge is -2.38. The topological polar surface area (TPSA) is 0 Å². The van der Waals surface area contributed by atoms with E-state index in [9.17, 15) is 0 Å². The molecule has 3 atom stereocenters. The summed E-state index contributed by atoms with van der Waals surface area (Å²) in [6.45, 7) is 9.84. The van der Waals surface area contributed by atoms with Gasteiger partial charge in [0.15, 0.2) is 0 Å². The Morgan fingerprint density at radius 1 is 1.31 bits per heavy atom. The second-order valence-corrected chi connectivity index (χ2v) is 7.03. The van der Waals surface area contributed by atoms with E-state index < -0.39 is 0 Å². The molecule has 0 aliphatic heterocycles. The van der Waals surface area contributed by atoms with Crippen molar-refractivity contribution in [1.82, 2.24) is 0 Å². The molecule has 76 valence electrons. The average molecular weight is 198 g/mol. The molecule has 2 rings (SSSR count). The molecule has 0 N–H and O–H groups in total. The monoisotopic (exact) mass is 198 g/mol. The van der Waals surface area contributed by atoms with Crippen molar-refractivity contribution in [3.05, 3.63) is 0 Å². The van der Waals surface area contributed by atoms with Gasteiger partial charge in [-0.25, -0.2) is 0 Å². The molecule has 0 radical (unpaired) electrons. The predicted octanol–water partition coefficient (Wildman–Crippen LogP) is 3.95. The summed E-state index contributed by atoms with van der Waals surface area (Å²) in [5, 5.41) is 0.950. The molecule has 2 bridgehead atoms. The highest BCUT2D eigenvalue weighted by molar-refractivity contribution is 7.99. The lowest BCUT2D eigenvalue weighted by atomic mass is 9.71. The Bertz CT molecular complexity index is 209. The molecular formula is C12H22S. The van der Waals surface area contributed by atoms with Crippen LogP contribution in [0.2, 0.25) is 0 Å². The normalized spacial score (nSPS) is 47.1. The third kappa shape index (κ3) is 1.12. The first-order valence-electron chi connectivity index (χ1n) is 5.64. The van der Waals surface area contributed by atoms with E-state index in [1.165, 1.54) is 25.0 Å². The summed E-state index contributed by atoms with van der Waals surface area (Å²) in [6.07, 6.45) is 4.45. The largest absolute Gasteiger partial charge is 0.158 e. The van der Waals surface area contributed by atoms with Crippen LogP contribution in [0.4, 0.5) is 0 Å². The van der Waals surface area contributed by atoms with Gasteiger partial charge in [-0.2, -0.15) is 11.8 Å². The van der Waals surface area contributed by atoms with Gasteiger partial charge in [-0.3, -0.25) is 0 Å². The van der Waals surface area contributed by atoms with E-state index in [0.29, 0.717) is 10.8 Å². The number of hydrogen-bond acceptors (Lipinski definition) is 1. The fraction of sp³-hybridized carbons (Fsp3) is 1.00. The van der Waals surface area contributed by atoms with E-state index in [0.717, 1.165) is 11.2 Å². The molecular weight excluding hydrogens is 176 g/mol. The van der Waals surface area contributed by atoms with E-state index >= 15 is 0 Å². The molecule has 0 aromatic rings. The van der Waals surface area contributed by atoms with Crippen molar-refractivity contribution < 1.29 is 0 Å². The highest BCUT2D eigenvalue weighted by Crippen LogP contribution is 2.68. The van der Waals surface area contributed by atoms with Gasteiger partial charge in [-0.05, 0) is 41.8 Å². The van der Waals surface area contributed by atoms with Gasteiger partial charge in [-0.1, -0.05) is 27.7 Å². The minimum absolute atomic E-state index is 0.611. The van der Waals surface area contributed by atoms with Crippen molar-refractivity contribution in [2.24, 2.45) is 16.7 Å². The summed E-state index contributed by atoms with van der Waals surface area (Å²) in [7, 11) is 0. The molecule has 1 unspecified atom stereocenters. The van der Waals surface area contributed by atoms with Crippen molar-refractivity contribution in [2.45, 2.75) is 52.2 Å². The maximum atomic E-state index is 2.54. The van der Waals surface area contributed by atoms with Crippen LogP contribution in [0.25, 0.3) is 0 Å². The first-order chi connectivity index (χ1) is 6.02. The molecule has 0 aromatic heterocycles. The van der Waals surface area contributed by atoms with Gasteiger partial charge in [0.1, 0.15) is 0 Å². The zero-order valence-electron chi connectivity index (χ0n) is 9.39. The summed E-state index contributed by atoms with van der Waals surface area (Å²) in [6, 6.07) is 0. The molecule has 0 saturated heterocycles. The highest BCUT2D eigenvalue weighted by Gasteiger charge is 2.60. The quantitative estimate of drug-likeness (QED) is 0.647. The van der Waals surface area contributed by atoms with E-state index in [4.69, 9.17) is 0 Å². The van der Waals surface area contributed by atoms with Gasteiger partial charge in [0.05, 0.1) is 0 Å². The van der Waals surface area contributed by atoms with Crippen molar-refractivity contribution >= 4 is 11.8 Å². The van der Waals surface area contributed by atoms with Crippen LogP contribution in [0.1, 0.15) is 47.0 Å². The maximum absolute atomic E-state index is 2.54. The Morgan fingerprint density at radius 2 is 2.00 bits per heavy atom. The molecule has 0 nitrogen and oxygen atoms in total. The van der Waals surface area contributed by atoms with Gasteiger partial charge in [0.2, 0.25) is 0 Å². The molecule has 0 spiro atoms. The fourth-order valence-electron chi connectivity index (χ4n) is 3.58. The summed E-state index contributed by atoms with van der Waals surface area (Å²) in [4.78, 5) is 0. The summed E-state index contributed by atoms with van der Waals surface area (Å²) in [5.74, 6) is 2.31. The predicted molar refractivity (Wildman–Crippen MR) is 61.1 cm³/mol. The molecule has 13 heavy (non-hydrogen) atoms. The molecule has 0 aromatic carbocycles. The van der Waals surface area contributed by atoms with Crippen LogP contribution in [0.3, 0.4) is 0 Å². The first kappa shape index (κ1) is 9.89. The van der Waals surface area contributed by atoms with E-state index in [1.807, 2.05) is 0 Å². The van der Waals surface area contributed by atoms with Crippen molar-refractivity contribution in [1.29, 1.82) is 0 Å². The van der Waals surface area contributed by atoms with Gasteiger partial charge in [0.25, 0.3) is 0 Å². The van der Waals surface area contributed by atoms with Crippen LogP contribution < -0.4 is 0 Å². The Morgan fingerprint density at radius 3 is 2.38 bits per heavy atom. The number of fused-ring (bicyclic) bond motifs is 2. The fourth-order valence-corrected chi connectivity index (χ4v) is 5.14. The molecule has 1 heteroatoms. The lowest BCUT2D eigenvalue weighted by molar-refractivity contribution is 0.156. The average Bonchev–Trinajstić information content (AvgIpc) is 2.37. The van der Waals surface area contributed by atoms with Crippen LogP contribution in [-0.4, -0.2) is 11.0 Å². The first-order valence-corrected chi connectivity index (χ1v) is 6.69. The third-order valence-electron chi connectivity index (χ3n) is 5.08. The lowest BCUT2D eigenvalue weighted by Crippen LogP contribution is -2.33. The molecule has 2 aliphatic carbocycles. The van der Waals surface area contributed by atoms with Crippen LogP contribution in [0.15, 0.2) is 0 Å². The standard InChI is InChI=1S/C12H22S/c1-5-13-10-8-9-6-7-12(10,4)11(9,2)3/h9-10H,5-8H2,1-4H3/t9-,10?,12+/m0/s1. The minimum atomic E-state index is 0.611. The molecule has 2 aliphatic rings. The van der Waals surface area contributed by atoms with E-state index in [1.54, 1.807) is 0 Å². The molecule has 2 fully saturated rings. The van der Waals surface area contributed by atoms with Crippen LogP contribution >= 0.6 is 11.8 Å². The zero-order valence-corrected chi connectivity index (χ0v) is 10.2. The van der Waals surface area contributed by atoms with Crippen molar-refractivity contribution in [3.63, 3.8) is 0 Å². The van der Waals surface area contributed by atoms with Crippen molar-refractivity contribution in [3.8, 4) is 0 Å². The minimum Gasteiger partial charge on any atom is -0.158 e. The van der Waals surface area contributed by atoms with Crippen LogP contribution in [-0.2, 0) is 0 Å². The number of hydrogen-bond donors (Lipinski definition) is 0. The van der Waals surface area contributed by atoms with E-state index in [2.05, 4.69) is 39.5 Å². The Kier molecular flexibility index (Phi) is 2.22. The van der Waals surface area contributed by atoms with Crippen molar-refractivity contribution in [2.75, 3.05) is 5.75 Å². The smallest absolute Gasteiger partial charge is 0.0109 e. The highest BCUT2D eigenvalue weighted by atomic mass is 32.2. The van der Waals surface area contributed by atoms with Gasteiger partial charge in [-0.15, -0.1) is 0 Å². The molecule has 2 saturated carbocycles. The zero-order chi connectivity index (χ0) is 9.69. The summed E-state index contributed by atoms with van der Waals surface area (Å²) >= 11 is 2.20. The summed E-state index contributed by atoms with van der Waals surface area (Å²) < 4.78 is 0. The second kappa shape index (κ2) is 2.92. The Balaban J connectivity index is 2.22. The van der Waals surface area contributed by atoms with E-state index in [-0.39, 0.29) is 0 Å². The Hall–Kier alpha value is 0.350. The SMILES string of the molecule is CCSC1C[C@@H]2CC[C@@]1(C)C2(C)C. The molecule has 0 heterocycles. The van der Waals surface area contributed by atoms with Gasteiger partial charge in [0, 0.05) is 5.25 Å². The van der Waals surface area contributed by atoms with Crippen LogP contribution in [0, 0.1) is 16.7 Å².